The fourth-order valence-corrected chi connectivity index (χ4v) is 1.33. The van der Waals surface area contributed by atoms with Crippen molar-refractivity contribution in [3.05, 3.63) is 35.9 Å². The predicted molar refractivity (Wildman–Crippen MR) is 61.6 cm³/mol. The van der Waals surface area contributed by atoms with Crippen molar-refractivity contribution in [1.29, 1.82) is 0 Å². The van der Waals surface area contributed by atoms with Gasteiger partial charge in [0.25, 0.3) is 0 Å². The molecule has 2 nitrogen and oxygen atoms in total. The van der Waals surface area contributed by atoms with E-state index in [9.17, 15) is 0 Å². The van der Waals surface area contributed by atoms with Crippen LogP contribution in [0.2, 0.25) is 0 Å². The zero-order chi connectivity index (χ0) is 10.8. The minimum absolute atomic E-state index is 0.635. The van der Waals surface area contributed by atoms with Gasteiger partial charge in [-0.25, -0.2) is 9.78 Å². The molecule has 2 heteroatoms. The summed E-state index contributed by atoms with van der Waals surface area (Å²) in [6.07, 6.45) is 4.42. The molecule has 0 N–H and O–H groups in total. The molecule has 0 aromatic heterocycles. The third-order valence-electron chi connectivity index (χ3n) is 2.23. The van der Waals surface area contributed by atoms with Gasteiger partial charge in [-0.2, -0.15) is 0 Å². The summed E-state index contributed by atoms with van der Waals surface area (Å²) >= 11 is 0. The van der Waals surface area contributed by atoms with Crippen molar-refractivity contribution in [2.24, 2.45) is 0 Å². The van der Waals surface area contributed by atoms with Gasteiger partial charge in [-0.15, -0.1) is 0 Å². The number of hydrogen-bond acceptors (Lipinski definition) is 2. The normalized spacial score (nSPS) is 10.5. The van der Waals surface area contributed by atoms with E-state index >= 15 is 0 Å². The second-order valence-electron chi connectivity index (χ2n) is 3.59. The molecule has 0 aliphatic rings. The molecular weight excluding hydrogens is 188 g/mol. The molecule has 1 aromatic rings. The van der Waals surface area contributed by atoms with Gasteiger partial charge in [0.15, 0.2) is 0 Å². The Hall–Kier alpha value is -0.860. The number of unbranched alkanes of at least 4 members (excludes halogenated alkanes) is 2. The molecule has 0 bridgehead atoms. The molecule has 0 fully saturated rings. The highest BCUT2D eigenvalue weighted by Gasteiger charge is 1.92. The summed E-state index contributed by atoms with van der Waals surface area (Å²) in [5.74, 6) is 0. The summed E-state index contributed by atoms with van der Waals surface area (Å²) < 4.78 is 0. The van der Waals surface area contributed by atoms with E-state index < -0.39 is 0 Å². The van der Waals surface area contributed by atoms with Crippen molar-refractivity contribution < 1.29 is 9.78 Å². The molecule has 15 heavy (non-hydrogen) atoms. The Labute approximate surface area is 92.1 Å². The van der Waals surface area contributed by atoms with Gasteiger partial charge in [-0.05, 0) is 18.4 Å². The molecule has 0 aliphatic heterocycles. The van der Waals surface area contributed by atoms with Crippen LogP contribution in [0.25, 0.3) is 0 Å². The Bertz CT molecular complexity index is 234. The van der Waals surface area contributed by atoms with Gasteiger partial charge in [-0.3, -0.25) is 0 Å². The Morgan fingerprint density at radius 1 is 0.933 bits per heavy atom. The molecule has 0 saturated heterocycles. The Balaban J connectivity index is 1.93. The molecule has 1 rings (SSSR count). The van der Waals surface area contributed by atoms with Crippen LogP contribution >= 0.6 is 0 Å². The SMILES string of the molecule is CCCCCOOCCc1ccccc1. The van der Waals surface area contributed by atoms with Gasteiger partial charge in [0.1, 0.15) is 0 Å². The molecule has 1 aromatic carbocycles. The summed E-state index contributed by atoms with van der Waals surface area (Å²) in [5.41, 5.74) is 1.29. The van der Waals surface area contributed by atoms with Gasteiger partial charge >= 0.3 is 0 Å². The fourth-order valence-electron chi connectivity index (χ4n) is 1.33. The van der Waals surface area contributed by atoms with Crippen molar-refractivity contribution in [2.45, 2.75) is 32.6 Å². The van der Waals surface area contributed by atoms with Gasteiger partial charge in [-0.1, -0.05) is 50.1 Å². The summed E-state index contributed by atoms with van der Waals surface area (Å²) in [7, 11) is 0. The highest BCUT2D eigenvalue weighted by atomic mass is 17.2. The molecule has 0 radical (unpaired) electrons. The first-order valence-electron chi connectivity index (χ1n) is 5.72. The number of rotatable bonds is 8. The van der Waals surface area contributed by atoms with E-state index in [-0.39, 0.29) is 0 Å². The van der Waals surface area contributed by atoms with Crippen LogP contribution in [-0.4, -0.2) is 13.2 Å². The lowest BCUT2D eigenvalue weighted by Gasteiger charge is -2.03. The minimum atomic E-state index is 0.635. The maximum Gasteiger partial charge on any atom is 0.0862 e. The van der Waals surface area contributed by atoms with Crippen molar-refractivity contribution in [3.8, 4) is 0 Å². The second-order valence-corrected chi connectivity index (χ2v) is 3.59. The van der Waals surface area contributed by atoms with Crippen LogP contribution in [0, 0.1) is 0 Å². The molecule has 0 unspecified atom stereocenters. The summed E-state index contributed by atoms with van der Waals surface area (Å²) in [6.45, 7) is 3.52. The smallest absolute Gasteiger partial charge is 0.0862 e. The number of benzene rings is 1. The molecule has 0 heterocycles. The number of hydrogen-bond donors (Lipinski definition) is 0. The Morgan fingerprint density at radius 2 is 1.67 bits per heavy atom. The van der Waals surface area contributed by atoms with E-state index in [4.69, 9.17) is 9.78 Å². The van der Waals surface area contributed by atoms with Crippen molar-refractivity contribution in [3.63, 3.8) is 0 Å². The molecule has 0 spiro atoms. The van der Waals surface area contributed by atoms with E-state index in [1.807, 2.05) is 18.2 Å². The van der Waals surface area contributed by atoms with Gasteiger partial charge in [0, 0.05) is 0 Å². The van der Waals surface area contributed by atoms with Gasteiger partial charge in [0.2, 0.25) is 0 Å². The zero-order valence-electron chi connectivity index (χ0n) is 9.45. The van der Waals surface area contributed by atoms with E-state index in [1.165, 1.54) is 18.4 Å². The standard InChI is InChI=1S/C13H20O2/c1-2-3-7-11-14-15-12-10-13-8-5-4-6-9-13/h4-6,8-9H,2-3,7,10-12H2,1H3. The van der Waals surface area contributed by atoms with Crippen LogP contribution in [0.3, 0.4) is 0 Å². The van der Waals surface area contributed by atoms with Crippen LogP contribution in [0.4, 0.5) is 0 Å². The quantitative estimate of drug-likeness (QED) is 0.370. The first kappa shape index (κ1) is 12.2. The van der Waals surface area contributed by atoms with Gasteiger partial charge < -0.3 is 0 Å². The highest BCUT2D eigenvalue weighted by molar-refractivity contribution is 5.14. The lowest BCUT2D eigenvalue weighted by atomic mass is 10.2. The molecule has 0 amide bonds. The first-order valence-corrected chi connectivity index (χ1v) is 5.72. The predicted octanol–water partition coefficient (Wildman–Crippen LogP) is 3.37. The average molecular weight is 208 g/mol. The lowest BCUT2D eigenvalue weighted by Crippen LogP contribution is -2.01. The van der Waals surface area contributed by atoms with Crippen LogP contribution in [-0.2, 0) is 16.2 Å². The van der Waals surface area contributed by atoms with Crippen molar-refractivity contribution >= 4 is 0 Å². The maximum atomic E-state index is 5.08. The van der Waals surface area contributed by atoms with Crippen molar-refractivity contribution in [2.75, 3.05) is 13.2 Å². The minimum Gasteiger partial charge on any atom is -0.237 e. The topological polar surface area (TPSA) is 18.5 Å². The summed E-state index contributed by atoms with van der Waals surface area (Å²) in [6, 6.07) is 10.3. The van der Waals surface area contributed by atoms with Crippen LogP contribution < -0.4 is 0 Å². The molecule has 0 atom stereocenters. The van der Waals surface area contributed by atoms with Crippen LogP contribution in [0.1, 0.15) is 31.7 Å². The van der Waals surface area contributed by atoms with Gasteiger partial charge in [0.05, 0.1) is 13.2 Å². The first-order chi connectivity index (χ1) is 7.43. The molecule has 84 valence electrons. The molecule has 0 saturated carbocycles. The van der Waals surface area contributed by atoms with E-state index in [2.05, 4.69) is 19.1 Å². The molecular formula is C13H20O2. The maximum absolute atomic E-state index is 5.08. The monoisotopic (exact) mass is 208 g/mol. The zero-order valence-corrected chi connectivity index (χ0v) is 9.45. The Morgan fingerprint density at radius 3 is 2.40 bits per heavy atom. The average Bonchev–Trinajstić information content (AvgIpc) is 2.29. The van der Waals surface area contributed by atoms with Crippen molar-refractivity contribution in [1.82, 2.24) is 0 Å². The summed E-state index contributed by atoms with van der Waals surface area (Å²) in [4.78, 5) is 10.1. The summed E-state index contributed by atoms with van der Waals surface area (Å²) in [5, 5.41) is 0. The van der Waals surface area contributed by atoms with Crippen LogP contribution in [0.15, 0.2) is 30.3 Å². The third-order valence-corrected chi connectivity index (χ3v) is 2.23. The third kappa shape index (κ3) is 6.26. The lowest BCUT2D eigenvalue weighted by molar-refractivity contribution is -0.294. The van der Waals surface area contributed by atoms with E-state index in [1.54, 1.807) is 0 Å². The highest BCUT2D eigenvalue weighted by Crippen LogP contribution is 2.00. The van der Waals surface area contributed by atoms with Crippen LogP contribution in [0.5, 0.6) is 0 Å². The van der Waals surface area contributed by atoms with E-state index in [0.717, 1.165) is 12.8 Å². The van der Waals surface area contributed by atoms with E-state index in [0.29, 0.717) is 13.2 Å². The second kappa shape index (κ2) is 8.45. The molecule has 0 aliphatic carbocycles. The Kier molecular flexibility index (Phi) is 6.88. The fraction of sp³-hybridized carbons (Fsp3) is 0.538. The largest absolute Gasteiger partial charge is 0.237 e.